The molecule has 2 aromatic rings. The Hall–Kier alpha value is -2.33. The van der Waals surface area contributed by atoms with Crippen LogP contribution in [0.15, 0.2) is 59.5 Å². The normalized spacial score (nSPS) is 20.0. The fraction of sp³-hybridized carbons (Fsp3) is 0.435. The van der Waals surface area contributed by atoms with Crippen LogP contribution < -0.4 is 0 Å². The Balaban J connectivity index is 1.54. The van der Waals surface area contributed by atoms with Gasteiger partial charge >= 0.3 is 0 Å². The van der Waals surface area contributed by atoms with E-state index in [2.05, 4.69) is 4.90 Å². The number of carbonyl (C=O) groups is 1. The van der Waals surface area contributed by atoms with Crippen LogP contribution in [0.5, 0.6) is 0 Å². The molecule has 32 heavy (non-hydrogen) atoms. The van der Waals surface area contributed by atoms with Gasteiger partial charge in [0, 0.05) is 39.3 Å². The summed E-state index contributed by atoms with van der Waals surface area (Å²) in [5.74, 6) is -0.451. The van der Waals surface area contributed by atoms with Crippen molar-refractivity contribution in [3.8, 4) is 0 Å². The summed E-state index contributed by atoms with van der Waals surface area (Å²) in [6, 6.07) is 14.1. The summed E-state index contributed by atoms with van der Waals surface area (Å²) in [5.41, 5.74) is 0.902. The summed E-state index contributed by atoms with van der Waals surface area (Å²) in [5, 5.41) is 0. The lowest BCUT2D eigenvalue weighted by molar-refractivity contribution is -0.141. The van der Waals surface area contributed by atoms with Crippen LogP contribution in [0.25, 0.3) is 0 Å². The van der Waals surface area contributed by atoms with Crippen LogP contribution in [0.2, 0.25) is 0 Å². The molecule has 0 unspecified atom stereocenters. The molecular formula is C23H28FN3O4S. The largest absolute Gasteiger partial charge is 0.378 e. The van der Waals surface area contributed by atoms with Crippen molar-refractivity contribution in [3.05, 3.63) is 66.0 Å². The van der Waals surface area contributed by atoms with E-state index < -0.39 is 21.9 Å². The Morgan fingerprint density at radius 2 is 1.56 bits per heavy atom. The van der Waals surface area contributed by atoms with Crippen LogP contribution in [0, 0.1) is 5.82 Å². The molecule has 7 nitrogen and oxygen atoms in total. The third kappa shape index (κ3) is 5.01. The third-order valence-electron chi connectivity index (χ3n) is 5.98. The molecule has 2 fully saturated rings. The first-order valence-electron chi connectivity index (χ1n) is 10.9. The lowest BCUT2D eigenvalue weighted by Crippen LogP contribution is -2.48. The van der Waals surface area contributed by atoms with Gasteiger partial charge in [-0.05, 0) is 36.2 Å². The molecule has 0 bridgehead atoms. The highest BCUT2D eigenvalue weighted by molar-refractivity contribution is 7.89. The van der Waals surface area contributed by atoms with Crippen molar-refractivity contribution in [2.75, 3.05) is 52.5 Å². The molecule has 1 atom stereocenters. The molecular weight excluding hydrogens is 433 g/mol. The van der Waals surface area contributed by atoms with Crippen LogP contribution in [-0.2, 0) is 19.6 Å². The SMILES string of the molecule is O=C([C@@H](c1ccccc1)N1CCCN(S(=O)(=O)c2ccc(F)cc2)CC1)N1CCOCC1. The maximum Gasteiger partial charge on any atom is 0.244 e. The first-order valence-corrected chi connectivity index (χ1v) is 12.3. The van der Waals surface area contributed by atoms with E-state index in [0.29, 0.717) is 52.4 Å². The van der Waals surface area contributed by atoms with Gasteiger partial charge in [0.15, 0.2) is 0 Å². The zero-order valence-electron chi connectivity index (χ0n) is 17.9. The van der Waals surface area contributed by atoms with Crippen LogP contribution in [0.1, 0.15) is 18.0 Å². The van der Waals surface area contributed by atoms with Gasteiger partial charge in [0.05, 0.1) is 18.1 Å². The molecule has 172 valence electrons. The van der Waals surface area contributed by atoms with Gasteiger partial charge < -0.3 is 9.64 Å². The first kappa shape index (κ1) is 22.8. The predicted octanol–water partition coefficient (Wildman–Crippen LogP) is 2.12. The summed E-state index contributed by atoms with van der Waals surface area (Å²) in [4.78, 5) is 17.5. The molecule has 0 N–H and O–H groups in total. The predicted molar refractivity (Wildman–Crippen MR) is 118 cm³/mol. The number of nitrogens with zero attached hydrogens (tertiary/aromatic N) is 3. The van der Waals surface area contributed by atoms with E-state index in [1.807, 2.05) is 35.2 Å². The number of hydrogen-bond acceptors (Lipinski definition) is 5. The van der Waals surface area contributed by atoms with E-state index in [1.54, 1.807) is 0 Å². The maximum atomic E-state index is 13.5. The molecule has 4 rings (SSSR count). The smallest absolute Gasteiger partial charge is 0.244 e. The first-order chi connectivity index (χ1) is 15.5. The van der Waals surface area contributed by atoms with Gasteiger partial charge in [-0.1, -0.05) is 30.3 Å². The van der Waals surface area contributed by atoms with E-state index in [0.717, 1.165) is 17.7 Å². The molecule has 2 aliphatic rings. The van der Waals surface area contributed by atoms with Gasteiger partial charge in [0.1, 0.15) is 11.9 Å². The Kier molecular flexibility index (Phi) is 7.20. The van der Waals surface area contributed by atoms with Gasteiger partial charge in [-0.3, -0.25) is 9.69 Å². The van der Waals surface area contributed by atoms with E-state index in [4.69, 9.17) is 4.74 Å². The molecule has 2 aromatic carbocycles. The van der Waals surface area contributed by atoms with Crippen LogP contribution >= 0.6 is 0 Å². The Morgan fingerprint density at radius 1 is 0.875 bits per heavy atom. The average Bonchev–Trinajstić information content (AvgIpc) is 3.08. The summed E-state index contributed by atoms with van der Waals surface area (Å²) < 4.78 is 46.2. The van der Waals surface area contributed by atoms with Gasteiger partial charge in [0.25, 0.3) is 0 Å². The van der Waals surface area contributed by atoms with Crippen LogP contribution in [0.3, 0.4) is 0 Å². The van der Waals surface area contributed by atoms with E-state index in [-0.39, 0.29) is 17.3 Å². The van der Waals surface area contributed by atoms with Gasteiger partial charge in [0.2, 0.25) is 15.9 Å². The molecule has 0 aromatic heterocycles. The number of morpholine rings is 1. The number of amides is 1. The summed E-state index contributed by atoms with van der Waals surface area (Å²) >= 11 is 0. The topological polar surface area (TPSA) is 70.2 Å². The van der Waals surface area contributed by atoms with E-state index in [9.17, 15) is 17.6 Å². The maximum absolute atomic E-state index is 13.5. The zero-order chi connectivity index (χ0) is 22.6. The Bertz CT molecular complexity index is 1010. The zero-order valence-corrected chi connectivity index (χ0v) is 18.7. The number of rotatable bonds is 5. The quantitative estimate of drug-likeness (QED) is 0.682. The second-order valence-corrected chi connectivity index (χ2v) is 9.94. The number of sulfonamides is 1. The molecule has 9 heteroatoms. The third-order valence-corrected chi connectivity index (χ3v) is 7.89. The van der Waals surface area contributed by atoms with Crippen molar-refractivity contribution in [2.24, 2.45) is 0 Å². The summed E-state index contributed by atoms with van der Waals surface area (Å²) in [6.07, 6.45) is 0.597. The highest BCUT2D eigenvalue weighted by atomic mass is 32.2. The van der Waals surface area contributed by atoms with Crippen molar-refractivity contribution in [3.63, 3.8) is 0 Å². The fourth-order valence-electron chi connectivity index (χ4n) is 4.27. The molecule has 2 heterocycles. The van der Waals surface area contributed by atoms with Crippen molar-refractivity contribution in [1.29, 1.82) is 0 Å². The van der Waals surface area contributed by atoms with Gasteiger partial charge in [-0.25, -0.2) is 12.8 Å². The minimum absolute atomic E-state index is 0.0225. The second kappa shape index (κ2) is 10.1. The van der Waals surface area contributed by atoms with Crippen LogP contribution in [-0.4, -0.2) is 80.9 Å². The molecule has 0 saturated carbocycles. The average molecular weight is 462 g/mol. The lowest BCUT2D eigenvalue weighted by atomic mass is 10.0. The Morgan fingerprint density at radius 3 is 2.25 bits per heavy atom. The number of halogens is 1. The molecule has 2 aliphatic heterocycles. The molecule has 2 saturated heterocycles. The fourth-order valence-corrected chi connectivity index (χ4v) is 5.74. The minimum Gasteiger partial charge on any atom is -0.378 e. The number of ether oxygens (including phenoxy) is 1. The standard InChI is InChI=1S/C23H28FN3O4S/c24-20-7-9-21(10-8-20)32(29,30)27-12-4-11-25(13-14-27)22(19-5-2-1-3-6-19)23(28)26-15-17-31-18-16-26/h1-3,5-10,22H,4,11-18H2/t22-/m1/s1. The highest BCUT2D eigenvalue weighted by Gasteiger charge is 2.35. The van der Waals surface area contributed by atoms with E-state index >= 15 is 0 Å². The van der Waals surface area contributed by atoms with Crippen molar-refractivity contribution < 1.29 is 22.3 Å². The van der Waals surface area contributed by atoms with Crippen molar-refractivity contribution in [1.82, 2.24) is 14.1 Å². The van der Waals surface area contributed by atoms with Gasteiger partial charge in [-0.2, -0.15) is 4.31 Å². The molecule has 0 aliphatic carbocycles. The molecule has 0 radical (unpaired) electrons. The van der Waals surface area contributed by atoms with Crippen molar-refractivity contribution in [2.45, 2.75) is 17.4 Å². The van der Waals surface area contributed by atoms with E-state index in [1.165, 1.54) is 16.4 Å². The summed E-state index contributed by atoms with van der Waals surface area (Å²) in [6.45, 7) is 3.81. The summed E-state index contributed by atoms with van der Waals surface area (Å²) in [7, 11) is -3.73. The number of hydrogen-bond donors (Lipinski definition) is 0. The van der Waals surface area contributed by atoms with Crippen LogP contribution in [0.4, 0.5) is 4.39 Å². The molecule has 0 spiro atoms. The second-order valence-electron chi connectivity index (χ2n) is 8.00. The highest BCUT2D eigenvalue weighted by Crippen LogP contribution is 2.27. The monoisotopic (exact) mass is 461 g/mol. The Labute approximate surface area is 188 Å². The number of carbonyl (C=O) groups excluding carboxylic acids is 1. The number of benzene rings is 2. The van der Waals surface area contributed by atoms with Gasteiger partial charge in [-0.15, -0.1) is 0 Å². The van der Waals surface area contributed by atoms with Crippen molar-refractivity contribution >= 4 is 15.9 Å². The lowest BCUT2D eigenvalue weighted by Gasteiger charge is -2.36. The minimum atomic E-state index is -3.73. The molecule has 1 amide bonds.